The van der Waals surface area contributed by atoms with E-state index in [0.717, 1.165) is 34.3 Å². The Kier molecular flexibility index (Phi) is 6.10. The molecule has 35 heavy (non-hydrogen) atoms. The minimum Gasteiger partial charge on any atom is -0.366 e. The van der Waals surface area contributed by atoms with Crippen molar-refractivity contribution in [2.75, 3.05) is 24.5 Å². The zero-order valence-corrected chi connectivity index (χ0v) is 20.9. The zero-order chi connectivity index (χ0) is 24.7. The molecule has 0 amide bonds. The maximum atomic E-state index is 13.4. The van der Waals surface area contributed by atoms with Crippen LogP contribution in [0.5, 0.6) is 0 Å². The topological polar surface area (TPSA) is 76.3 Å². The van der Waals surface area contributed by atoms with Gasteiger partial charge in [-0.3, -0.25) is 4.68 Å². The van der Waals surface area contributed by atoms with Gasteiger partial charge in [-0.05, 0) is 62.2 Å². The normalized spacial score (nSPS) is 17.4. The highest BCUT2D eigenvalue weighted by molar-refractivity contribution is 7.89. The number of aryl methyl sites for hydroxylation is 2. The highest BCUT2D eigenvalue weighted by atomic mass is 32.2. The Morgan fingerprint density at radius 1 is 1.09 bits per heavy atom. The Balaban J connectivity index is 1.38. The Morgan fingerprint density at radius 3 is 2.57 bits per heavy atom. The van der Waals surface area contributed by atoms with E-state index in [9.17, 15) is 12.8 Å². The molecule has 0 radical (unpaired) electrons. The van der Waals surface area contributed by atoms with Gasteiger partial charge in [-0.2, -0.15) is 14.5 Å². The number of hydrogen-bond acceptors (Lipinski definition) is 5. The van der Waals surface area contributed by atoms with E-state index in [4.69, 9.17) is 0 Å². The molecule has 1 aliphatic rings. The second-order valence-corrected chi connectivity index (χ2v) is 11.0. The number of anilines is 1. The summed E-state index contributed by atoms with van der Waals surface area (Å²) >= 11 is 0. The molecular weight excluding hydrogens is 467 g/mol. The summed E-state index contributed by atoms with van der Waals surface area (Å²) in [5.41, 5.74) is 3.88. The van der Waals surface area contributed by atoms with Crippen LogP contribution < -0.4 is 4.90 Å². The predicted octanol–water partition coefficient (Wildman–Crippen LogP) is 3.98. The summed E-state index contributed by atoms with van der Waals surface area (Å²) in [4.78, 5) is 2.51. The molecule has 0 N–H and O–H groups in total. The van der Waals surface area contributed by atoms with Crippen LogP contribution in [0.15, 0.2) is 59.9 Å². The van der Waals surface area contributed by atoms with Crippen molar-refractivity contribution >= 4 is 26.6 Å². The summed E-state index contributed by atoms with van der Waals surface area (Å²) in [6.45, 7) is 8.21. The number of aromatic nitrogens is 4. The average molecular weight is 497 g/mol. The van der Waals surface area contributed by atoms with Gasteiger partial charge in [-0.15, -0.1) is 0 Å². The number of halogens is 1. The Bertz CT molecular complexity index is 1460. The van der Waals surface area contributed by atoms with Crippen molar-refractivity contribution in [3.05, 3.63) is 66.4 Å². The molecule has 0 unspecified atom stereocenters. The number of fused-ring (bicyclic) bond motifs is 1. The standard InChI is InChI=1S/C25H29FN6O2S/c1-4-9-29-17-23(15-27-29)35(33,34)30-10-11-31(19(3)16-30)24-13-20-14-28-32(25(20)12-18(24)2)22-7-5-21(26)6-8-22/h5-8,12-15,17,19H,4,9-11,16H2,1-3H3/t19-/m0/s1. The molecule has 5 rings (SSSR count). The van der Waals surface area contributed by atoms with Crippen molar-refractivity contribution in [3.63, 3.8) is 0 Å². The van der Waals surface area contributed by atoms with E-state index in [2.05, 4.69) is 34.2 Å². The van der Waals surface area contributed by atoms with Gasteiger partial charge in [-0.1, -0.05) is 6.92 Å². The van der Waals surface area contributed by atoms with Gasteiger partial charge in [0, 0.05) is 49.5 Å². The van der Waals surface area contributed by atoms with Crippen LogP contribution >= 0.6 is 0 Å². The lowest BCUT2D eigenvalue weighted by atomic mass is 10.1. The van der Waals surface area contributed by atoms with Gasteiger partial charge >= 0.3 is 0 Å². The highest BCUT2D eigenvalue weighted by Crippen LogP contribution is 2.31. The molecule has 0 bridgehead atoms. The molecule has 2 aromatic carbocycles. The van der Waals surface area contributed by atoms with Gasteiger partial charge in [0.1, 0.15) is 10.7 Å². The van der Waals surface area contributed by atoms with Gasteiger partial charge in [0.05, 0.1) is 23.6 Å². The quantitative estimate of drug-likeness (QED) is 0.404. The van der Waals surface area contributed by atoms with Crippen molar-refractivity contribution in [1.82, 2.24) is 23.9 Å². The first-order chi connectivity index (χ1) is 16.8. The van der Waals surface area contributed by atoms with E-state index < -0.39 is 10.0 Å². The van der Waals surface area contributed by atoms with Gasteiger partial charge in [0.15, 0.2) is 0 Å². The lowest BCUT2D eigenvalue weighted by Gasteiger charge is -2.41. The van der Waals surface area contributed by atoms with Crippen LogP contribution in [0.1, 0.15) is 25.8 Å². The second-order valence-electron chi connectivity index (χ2n) is 9.07. The Hall–Kier alpha value is -3.24. The minimum absolute atomic E-state index is 0.00694. The van der Waals surface area contributed by atoms with Crippen molar-refractivity contribution in [1.29, 1.82) is 0 Å². The summed E-state index contributed by atoms with van der Waals surface area (Å²) in [5, 5.41) is 9.68. The first-order valence-electron chi connectivity index (χ1n) is 11.8. The maximum Gasteiger partial charge on any atom is 0.246 e. The monoisotopic (exact) mass is 496 g/mol. The predicted molar refractivity (Wildman–Crippen MR) is 134 cm³/mol. The molecule has 1 saturated heterocycles. The van der Waals surface area contributed by atoms with Crippen LogP contribution in [0.2, 0.25) is 0 Å². The van der Waals surface area contributed by atoms with E-state index in [-0.39, 0.29) is 16.8 Å². The molecule has 0 aliphatic carbocycles. The number of nitrogens with zero attached hydrogens (tertiary/aromatic N) is 6. The molecule has 2 aromatic heterocycles. The number of hydrogen-bond donors (Lipinski definition) is 0. The van der Waals surface area contributed by atoms with Crippen molar-refractivity contribution < 1.29 is 12.8 Å². The molecule has 0 saturated carbocycles. The van der Waals surface area contributed by atoms with Crippen LogP contribution in [-0.4, -0.2) is 58.0 Å². The lowest BCUT2D eigenvalue weighted by Crippen LogP contribution is -2.53. The number of piperazine rings is 1. The smallest absolute Gasteiger partial charge is 0.246 e. The molecule has 1 fully saturated rings. The fraction of sp³-hybridized carbons (Fsp3) is 0.360. The zero-order valence-electron chi connectivity index (χ0n) is 20.1. The summed E-state index contributed by atoms with van der Waals surface area (Å²) in [5.74, 6) is -0.284. The number of benzene rings is 2. The molecule has 184 valence electrons. The first kappa shape index (κ1) is 23.5. The summed E-state index contributed by atoms with van der Waals surface area (Å²) < 4.78 is 44.8. The summed E-state index contributed by atoms with van der Waals surface area (Å²) in [7, 11) is -3.59. The van der Waals surface area contributed by atoms with E-state index in [1.165, 1.54) is 18.3 Å². The van der Waals surface area contributed by atoms with Crippen LogP contribution in [0, 0.1) is 12.7 Å². The van der Waals surface area contributed by atoms with Gasteiger partial charge in [-0.25, -0.2) is 17.5 Å². The first-order valence-corrected chi connectivity index (χ1v) is 13.3. The Morgan fingerprint density at radius 2 is 1.86 bits per heavy atom. The minimum atomic E-state index is -3.59. The molecule has 8 nitrogen and oxygen atoms in total. The molecule has 1 aliphatic heterocycles. The van der Waals surface area contributed by atoms with Crippen LogP contribution in [0.3, 0.4) is 0 Å². The number of sulfonamides is 1. The van der Waals surface area contributed by atoms with Crippen LogP contribution in [-0.2, 0) is 16.6 Å². The number of rotatable bonds is 6. The molecule has 3 heterocycles. The van der Waals surface area contributed by atoms with E-state index in [1.807, 2.05) is 13.8 Å². The summed E-state index contributed by atoms with van der Waals surface area (Å²) in [6, 6.07) is 10.4. The molecule has 1 atom stereocenters. The van der Waals surface area contributed by atoms with Crippen LogP contribution in [0.4, 0.5) is 10.1 Å². The van der Waals surface area contributed by atoms with Crippen molar-refractivity contribution in [3.8, 4) is 5.69 Å². The second kappa shape index (κ2) is 9.09. The lowest BCUT2D eigenvalue weighted by molar-refractivity contribution is 0.342. The third-order valence-corrected chi connectivity index (χ3v) is 8.37. The third kappa shape index (κ3) is 4.32. The van der Waals surface area contributed by atoms with E-state index in [0.29, 0.717) is 26.2 Å². The van der Waals surface area contributed by atoms with Crippen molar-refractivity contribution in [2.45, 2.75) is 44.7 Å². The molecule has 4 aromatic rings. The molecule has 10 heteroatoms. The van der Waals surface area contributed by atoms with Gasteiger partial charge in [0.2, 0.25) is 10.0 Å². The Labute approximate surface area is 204 Å². The van der Waals surface area contributed by atoms with Gasteiger partial charge in [0.25, 0.3) is 0 Å². The van der Waals surface area contributed by atoms with Gasteiger partial charge < -0.3 is 4.90 Å². The fourth-order valence-corrected chi connectivity index (χ4v) is 6.21. The van der Waals surface area contributed by atoms with Crippen LogP contribution in [0.25, 0.3) is 16.6 Å². The average Bonchev–Trinajstić information content (AvgIpc) is 3.47. The molecule has 0 spiro atoms. The molecular formula is C25H29FN6O2S. The fourth-order valence-electron chi connectivity index (χ4n) is 4.74. The van der Waals surface area contributed by atoms with Crippen molar-refractivity contribution in [2.24, 2.45) is 0 Å². The maximum absolute atomic E-state index is 13.4. The SMILES string of the molecule is CCCn1cc(S(=O)(=O)N2CCN(c3cc4cnn(-c5ccc(F)cc5)c4cc3C)[C@@H](C)C2)cn1. The third-order valence-electron chi connectivity index (χ3n) is 6.56. The largest absolute Gasteiger partial charge is 0.366 e. The summed E-state index contributed by atoms with van der Waals surface area (Å²) in [6.07, 6.45) is 5.76. The van der Waals surface area contributed by atoms with E-state index >= 15 is 0 Å². The highest BCUT2D eigenvalue weighted by Gasteiger charge is 2.33. The van der Waals surface area contributed by atoms with E-state index in [1.54, 1.807) is 38.2 Å².